The van der Waals surface area contributed by atoms with Crippen molar-refractivity contribution >= 4 is 29.7 Å². The number of imidazole rings is 1. The first-order valence-electron chi connectivity index (χ1n) is 11.7. The number of aromatic nitrogens is 2. The second kappa shape index (κ2) is 12.2. The molecule has 0 radical (unpaired) electrons. The predicted octanol–water partition coefficient (Wildman–Crippen LogP) is 2.72. The average Bonchev–Trinajstić information content (AvgIpc) is 3.17. The van der Waals surface area contributed by atoms with Crippen molar-refractivity contribution in [2.24, 2.45) is 0 Å². The van der Waals surface area contributed by atoms with Crippen LogP contribution >= 0.6 is 0 Å². The smallest absolute Gasteiger partial charge is 0.408 e. The van der Waals surface area contributed by atoms with Gasteiger partial charge >= 0.3 is 12.1 Å². The summed E-state index contributed by atoms with van der Waals surface area (Å²) < 4.78 is 6.55. The molecule has 0 fully saturated rings. The molecule has 2 rings (SSSR count). The number of nitrogens with one attached hydrogen (secondary N) is 3. The van der Waals surface area contributed by atoms with Crippen molar-refractivity contribution in [3.05, 3.63) is 48.4 Å². The van der Waals surface area contributed by atoms with Gasteiger partial charge in [-0.1, -0.05) is 30.3 Å². The first-order valence-corrected chi connectivity index (χ1v) is 11.7. The van der Waals surface area contributed by atoms with Gasteiger partial charge < -0.3 is 30.4 Å². The molecule has 0 saturated heterocycles. The number of carboxylic acids is 1. The van der Waals surface area contributed by atoms with Gasteiger partial charge in [-0.15, -0.1) is 0 Å². The standard InChI is InChI=1S/C25H35N5O6/c1-24(2,3)36-23(35)29-25(4,5)22(34)27-18(13-9-12-17-10-7-6-8-11-17)21(33)28-19-14-30(16-26-19)15-20(31)32/h6-8,10-11,14,16,18H,9,12-13,15H2,1-5H3,(H,27,34)(H,28,33)(H,29,35)(H,31,32). The lowest BCUT2D eigenvalue weighted by atomic mass is 10.0. The minimum atomic E-state index is -1.36. The topological polar surface area (TPSA) is 152 Å². The van der Waals surface area contributed by atoms with Crippen molar-refractivity contribution in [1.82, 2.24) is 20.2 Å². The zero-order valence-corrected chi connectivity index (χ0v) is 21.3. The van der Waals surface area contributed by atoms with Crippen LogP contribution in [0.3, 0.4) is 0 Å². The van der Waals surface area contributed by atoms with E-state index in [2.05, 4.69) is 20.9 Å². The molecule has 1 unspecified atom stereocenters. The second-order valence-electron chi connectivity index (χ2n) is 9.97. The molecule has 36 heavy (non-hydrogen) atoms. The van der Waals surface area contributed by atoms with Crippen LogP contribution < -0.4 is 16.0 Å². The average molecular weight is 502 g/mol. The molecule has 11 nitrogen and oxygen atoms in total. The normalized spacial score (nSPS) is 12.4. The number of carboxylic acid groups (broad SMARTS) is 1. The fraction of sp³-hybridized carbons (Fsp3) is 0.480. The largest absolute Gasteiger partial charge is 0.480 e. The van der Waals surface area contributed by atoms with E-state index in [9.17, 15) is 19.2 Å². The molecule has 0 spiro atoms. The highest BCUT2D eigenvalue weighted by atomic mass is 16.6. The van der Waals surface area contributed by atoms with Crippen molar-refractivity contribution in [1.29, 1.82) is 0 Å². The van der Waals surface area contributed by atoms with E-state index in [1.165, 1.54) is 30.9 Å². The van der Waals surface area contributed by atoms with Gasteiger partial charge in [0.05, 0.1) is 6.33 Å². The number of alkyl carbamates (subject to hydrolysis) is 1. The van der Waals surface area contributed by atoms with E-state index in [1.807, 2.05) is 30.3 Å². The summed E-state index contributed by atoms with van der Waals surface area (Å²) in [7, 11) is 0. The lowest BCUT2D eigenvalue weighted by molar-refractivity contribution is -0.137. The maximum Gasteiger partial charge on any atom is 0.408 e. The van der Waals surface area contributed by atoms with Crippen LogP contribution in [0, 0.1) is 0 Å². The number of hydrogen-bond acceptors (Lipinski definition) is 6. The molecule has 3 amide bonds. The van der Waals surface area contributed by atoms with E-state index < -0.39 is 41.1 Å². The summed E-state index contributed by atoms with van der Waals surface area (Å²) in [4.78, 5) is 53.2. The summed E-state index contributed by atoms with van der Waals surface area (Å²) in [6, 6.07) is 8.82. The summed E-state index contributed by atoms with van der Waals surface area (Å²) in [5.41, 5.74) is -0.994. The van der Waals surface area contributed by atoms with Gasteiger partial charge in [0.15, 0.2) is 5.82 Å². The van der Waals surface area contributed by atoms with E-state index in [-0.39, 0.29) is 12.4 Å². The Morgan fingerprint density at radius 1 is 1.08 bits per heavy atom. The fourth-order valence-electron chi connectivity index (χ4n) is 3.26. The van der Waals surface area contributed by atoms with E-state index in [0.717, 1.165) is 5.56 Å². The van der Waals surface area contributed by atoms with Crippen LogP contribution in [0.1, 0.15) is 53.0 Å². The van der Waals surface area contributed by atoms with Crippen LogP contribution in [-0.4, -0.2) is 55.7 Å². The highest BCUT2D eigenvalue weighted by Crippen LogP contribution is 2.13. The Labute approximate surface area is 210 Å². The summed E-state index contributed by atoms with van der Waals surface area (Å²) in [6.07, 6.45) is 3.56. The zero-order valence-electron chi connectivity index (χ0n) is 21.3. The Kier molecular flexibility index (Phi) is 9.60. The molecule has 11 heteroatoms. The van der Waals surface area contributed by atoms with Crippen LogP contribution in [0.25, 0.3) is 0 Å². The minimum Gasteiger partial charge on any atom is -0.480 e. The number of anilines is 1. The number of ether oxygens (including phenoxy) is 1. The van der Waals surface area contributed by atoms with Gasteiger partial charge in [0.2, 0.25) is 11.8 Å². The van der Waals surface area contributed by atoms with Gasteiger partial charge in [-0.05, 0) is 59.4 Å². The SMILES string of the molecule is CC(C)(C)OC(=O)NC(C)(C)C(=O)NC(CCCc1ccccc1)C(=O)Nc1cn(CC(=O)O)cn1. The number of aliphatic carboxylic acids is 1. The minimum absolute atomic E-state index is 0.162. The van der Waals surface area contributed by atoms with Gasteiger partial charge in [0.1, 0.15) is 23.7 Å². The van der Waals surface area contributed by atoms with E-state index in [1.54, 1.807) is 20.8 Å². The molecule has 1 atom stereocenters. The Balaban J connectivity index is 2.09. The van der Waals surface area contributed by atoms with Crippen molar-refractivity contribution in [2.75, 3.05) is 5.32 Å². The molecule has 0 aliphatic rings. The Morgan fingerprint density at radius 3 is 2.36 bits per heavy atom. The molecule has 4 N–H and O–H groups in total. The van der Waals surface area contributed by atoms with Crippen molar-refractivity contribution in [3.8, 4) is 0 Å². The lowest BCUT2D eigenvalue weighted by Crippen LogP contribution is -2.58. The first kappa shape index (κ1) is 28.3. The Morgan fingerprint density at radius 2 is 1.75 bits per heavy atom. The summed E-state index contributed by atoms with van der Waals surface area (Å²) in [5.74, 6) is -1.96. The van der Waals surface area contributed by atoms with Crippen molar-refractivity contribution in [2.45, 2.75) is 77.6 Å². The lowest BCUT2D eigenvalue weighted by Gasteiger charge is -2.29. The molecule has 1 aromatic carbocycles. The number of carbonyl (C=O) groups excluding carboxylic acids is 3. The molecule has 0 aliphatic carbocycles. The van der Waals surface area contributed by atoms with E-state index >= 15 is 0 Å². The Bertz CT molecular complexity index is 1060. The van der Waals surface area contributed by atoms with Crippen LogP contribution in [0.4, 0.5) is 10.6 Å². The highest BCUT2D eigenvalue weighted by Gasteiger charge is 2.34. The third-order valence-electron chi connectivity index (χ3n) is 5.01. The van der Waals surface area contributed by atoms with Crippen LogP contribution in [0.5, 0.6) is 0 Å². The molecule has 0 saturated carbocycles. The van der Waals surface area contributed by atoms with Gasteiger partial charge in [-0.3, -0.25) is 14.4 Å². The number of hydrogen-bond donors (Lipinski definition) is 4. The van der Waals surface area contributed by atoms with Gasteiger partial charge in [0.25, 0.3) is 0 Å². The number of rotatable bonds is 11. The molecule has 1 aromatic heterocycles. The molecule has 1 heterocycles. The van der Waals surface area contributed by atoms with Crippen LogP contribution in [0.15, 0.2) is 42.9 Å². The summed E-state index contributed by atoms with van der Waals surface area (Å²) in [6.45, 7) is 7.86. The molecule has 196 valence electrons. The number of carbonyl (C=O) groups is 4. The fourth-order valence-corrected chi connectivity index (χ4v) is 3.26. The highest BCUT2D eigenvalue weighted by molar-refractivity contribution is 5.98. The molecular formula is C25H35N5O6. The first-order chi connectivity index (χ1) is 16.7. The number of aryl methyl sites for hydroxylation is 1. The summed E-state index contributed by atoms with van der Waals surface area (Å²) in [5, 5.41) is 16.8. The predicted molar refractivity (Wildman–Crippen MR) is 133 cm³/mol. The van der Waals surface area contributed by atoms with Crippen molar-refractivity contribution in [3.63, 3.8) is 0 Å². The quantitative estimate of drug-likeness (QED) is 0.369. The third-order valence-corrected chi connectivity index (χ3v) is 5.01. The second-order valence-corrected chi connectivity index (χ2v) is 9.97. The van der Waals surface area contributed by atoms with Crippen molar-refractivity contribution < 1.29 is 29.0 Å². The van der Waals surface area contributed by atoms with E-state index in [0.29, 0.717) is 19.3 Å². The van der Waals surface area contributed by atoms with Crippen LogP contribution in [-0.2, 0) is 32.1 Å². The monoisotopic (exact) mass is 501 g/mol. The van der Waals surface area contributed by atoms with Crippen LogP contribution in [0.2, 0.25) is 0 Å². The van der Waals surface area contributed by atoms with E-state index in [4.69, 9.17) is 9.84 Å². The molecular weight excluding hydrogens is 466 g/mol. The molecule has 2 aromatic rings. The number of amides is 3. The zero-order chi connectivity index (χ0) is 26.9. The molecule has 0 aliphatic heterocycles. The number of nitrogens with zero attached hydrogens (tertiary/aromatic N) is 2. The third kappa shape index (κ3) is 9.77. The Hall–Kier alpha value is -3.89. The van der Waals surface area contributed by atoms with Gasteiger partial charge in [0, 0.05) is 6.20 Å². The summed E-state index contributed by atoms with van der Waals surface area (Å²) >= 11 is 0. The number of benzene rings is 1. The maximum atomic E-state index is 13.1. The molecule has 0 bridgehead atoms. The maximum absolute atomic E-state index is 13.1. The van der Waals surface area contributed by atoms with Gasteiger partial charge in [-0.25, -0.2) is 9.78 Å². The van der Waals surface area contributed by atoms with Gasteiger partial charge in [-0.2, -0.15) is 0 Å².